The summed E-state index contributed by atoms with van der Waals surface area (Å²) in [6.07, 6.45) is 2.08. The van der Waals surface area contributed by atoms with E-state index in [0.717, 1.165) is 30.4 Å². The summed E-state index contributed by atoms with van der Waals surface area (Å²) < 4.78 is 0. The molecule has 2 unspecified atom stereocenters. The molecule has 2 N–H and O–H groups in total. The number of aromatic amines is 1. The second-order valence-corrected chi connectivity index (χ2v) is 6.41. The fourth-order valence-corrected chi connectivity index (χ4v) is 3.44. The monoisotopic (exact) mass is 303 g/mol. The zero-order valence-electron chi connectivity index (χ0n) is 12.6. The van der Waals surface area contributed by atoms with Crippen LogP contribution >= 0.6 is 11.8 Å². The molecule has 2 aromatic rings. The van der Waals surface area contributed by atoms with Crippen LogP contribution in [0, 0.1) is 0 Å². The van der Waals surface area contributed by atoms with Crippen LogP contribution < -0.4 is 10.2 Å². The van der Waals surface area contributed by atoms with E-state index in [0.29, 0.717) is 12.1 Å². The fraction of sp³-hybridized carbons (Fsp3) is 0.467. The highest BCUT2D eigenvalue weighted by Crippen LogP contribution is 2.28. The summed E-state index contributed by atoms with van der Waals surface area (Å²) in [5.74, 6) is 1.63. The Morgan fingerprint density at radius 1 is 1.19 bits per heavy atom. The molecule has 1 aliphatic heterocycles. The van der Waals surface area contributed by atoms with E-state index in [-0.39, 0.29) is 0 Å². The van der Waals surface area contributed by atoms with E-state index < -0.39 is 0 Å². The first kappa shape index (κ1) is 14.4. The van der Waals surface area contributed by atoms with Crippen molar-refractivity contribution in [2.45, 2.75) is 30.8 Å². The van der Waals surface area contributed by atoms with Crippen molar-refractivity contribution < 1.29 is 0 Å². The van der Waals surface area contributed by atoms with Crippen molar-refractivity contribution >= 4 is 17.7 Å². The summed E-state index contributed by atoms with van der Waals surface area (Å²) in [6, 6.07) is 9.18. The molecule has 2 atom stereocenters. The Morgan fingerprint density at radius 3 is 2.62 bits per heavy atom. The van der Waals surface area contributed by atoms with Crippen molar-refractivity contribution in [3.8, 4) is 11.4 Å². The van der Waals surface area contributed by atoms with Gasteiger partial charge >= 0.3 is 0 Å². The molecule has 112 valence electrons. The lowest BCUT2D eigenvalue weighted by Crippen LogP contribution is -2.54. The van der Waals surface area contributed by atoms with Crippen molar-refractivity contribution in [2.75, 3.05) is 24.2 Å². The summed E-state index contributed by atoms with van der Waals surface area (Å²) in [5, 5.41) is 11.0. The quantitative estimate of drug-likeness (QED) is 0.853. The Balaban J connectivity index is 1.86. The van der Waals surface area contributed by atoms with Gasteiger partial charge in [-0.2, -0.15) is 4.98 Å². The van der Waals surface area contributed by atoms with Crippen LogP contribution in [0.5, 0.6) is 0 Å². The summed E-state index contributed by atoms with van der Waals surface area (Å²) >= 11 is 1.72. The van der Waals surface area contributed by atoms with Gasteiger partial charge in [-0.1, -0.05) is 18.2 Å². The second-order valence-electron chi connectivity index (χ2n) is 5.56. The zero-order valence-corrected chi connectivity index (χ0v) is 13.4. The average Bonchev–Trinajstić information content (AvgIpc) is 2.96. The van der Waals surface area contributed by atoms with Crippen LogP contribution in [0.2, 0.25) is 0 Å². The molecule has 1 fully saturated rings. The third-order valence-electron chi connectivity index (χ3n) is 3.68. The third-order valence-corrected chi connectivity index (χ3v) is 4.47. The number of rotatable bonds is 3. The topological polar surface area (TPSA) is 56.8 Å². The zero-order chi connectivity index (χ0) is 14.8. The minimum atomic E-state index is 0.453. The highest BCUT2D eigenvalue weighted by molar-refractivity contribution is 7.98. The van der Waals surface area contributed by atoms with Gasteiger partial charge in [-0.25, -0.2) is 0 Å². The summed E-state index contributed by atoms with van der Waals surface area (Å²) in [4.78, 5) is 8.15. The number of anilines is 1. The van der Waals surface area contributed by atoms with Crippen LogP contribution in [0.15, 0.2) is 29.2 Å². The van der Waals surface area contributed by atoms with Gasteiger partial charge < -0.3 is 10.2 Å². The molecule has 0 spiro atoms. The normalized spacial score (nSPS) is 22.5. The molecule has 3 rings (SSSR count). The minimum Gasteiger partial charge on any atom is -0.336 e. The van der Waals surface area contributed by atoms with E-state index in [9.17, 15) is 0 Å². The molecule has 0 aliphatic carbocycles. The van der Waals surface area contributed by atoms with E-state index >= 15 is 0 Å². The van der Waals surface area contributed by atoms with Gasteiger partial charge in [-0.3, -0.25) is 5.10 Å². The standard InChI is InChI=1S/C15H21N5S/c1-10-8-20(9-11(2)16-10)15-17-14(18-19-15)12-6-4-5-7-13(12)21-3/h4-7,10-11,16H,8-9H2,1-3H3,(H,17,18,19). The molecule has 0 radical (unpaired) electrons. The Morgan fingerprint density at radius 2 is 1.90 bits per heavy atom. The van der Waals surface area contributed by atoms with Gasteiger partial charge in [0.15, 0.2) is 5.82 Å². The van der Waals surface area contributed by atoms with Crippen LogP contribution in [0.25, 0.3) is 11.4 Å². The van der Waals surface area contributed by atoms with Gasteiger partial charge in [0.1, 0.15) is 0 Å². The third kappa shape index (κ3) is 3.06. The smallest absolute Gasteiger partial charge is 0.245 e. The molecule has 1 saturated heterocycles. The van der Waals surface area contributed by atoms with Crippen molar-refractivity contribution in [3.63, 3.8) is 0 Å². The number of nitrogens with zero attached hydrogens (tertiary/aromatic N) is 3. The summed E-state index contributed by atoms with van der Waals surface area (Å²) in [5.41, 5.74) is 1.11. The molecule has 6 heteroatoms. The van der Waals surface area contributed by atoms with Gasteiger partial charge in [0.25, 0.3) is 0 Å². The maximum Gasteiger partial charge on any atom is 0.245 e. The van der Waals surface area contributed by atoms with E-state index in [1.165, 1.54) is 4.90 Å². The molecule has 0 saturated carbocycles. The molecule has 2 heterocycles. The number of hydrogen-bond acceptors (Lipinski definition) is 5. The number of aromatic nitrogens is 3. The average molecular weight is 303 g/mol. The molecule has 1 aliphatic rings. The van der Waals surface area contributed by atoms with Gasteiger partial charge in [0.2, 0.25) is 5.95 Å². The summed E-state index contributed by atoms with van der Waals surface area (Å²) in [6.45, 7) is 6.26. The minimum absolute atomic E-state index is 0.453. The number of piperazine rings is 1. The Bertz CT molecular complexity index is 602. The van der Waals surface area contributed by atoms with Crippen LogP contribution in [-0.2, 0) is 0 Å². The fourth-order valence-electron chi connectivity index (χ4n) is 2.85. The Kier molecular flexibility index (Phi) is 4.17. The molecule has 1 aromatic carbocycles. The first-order chi connectivity index (χ1) is 10.2. The number of hydrogen-bond donors (Lipinski definition) is 2. The molecule has 5 nitrogen and oxygen atoms in total. The molecule has 21 heavy (non-hydrogen) atoms. The van der Waals surface area contributed by atoms with Crippen molar-refractivity contribution in [1.82, 2.24) is 20.5 Å². The predicted molar refractivity (Wildman–Crippen MR) is 87.9 cm³/mol. The Labute approximate surface area is 129 Å². The summed E-state index contributed by atoms with van der Waals surface area (Å²) in [7, 11) is 0. The first-order valence-electron chi connectivity index (χ1n) is 7.24. The largest absolute Gasteiger partial charge is 0.336 e. The van der Waals surface area contributed by atoms with Gasteiger partial charge in [0.05, 0.1) is 0 Å². The van der Waals surface area contributed by atoms with E-state index in [1.807, 2.05) is 12.1 Å². The molecular formula is C15H21N5S. The maximum atomic E-state index is 4.70. The lowest BCUT2D eigenvalue weighted by Gasteiger charge is -2.35. The lowest BCUT2D eigenvalue weighted by atomic mass is 10.1. The van der Waals surface area contributed by atoms with Crippen LogP contribution in [0.3, 0.4) is 0 Å². The highest BCUT2D eigenvalue weighted by atomic mass is 32.2. The van der Waals surface area contributed by atoms with Crippen LogP contribution in [-0.4, -0.2) is 46.6 Å². The molecule has 1 aromatic heterocycles. The number of nitrogens with one attached hydrogen (secondary N) is 2. The van der Waals surface area contributed by atoms with Gasteiger partial charge in [-0.05, 0) is 26.2 Å². The first-order valence-corrected chi connectivity index (χ1v) is 8.46. The molecule has 0 amide bonds. The van der Waals surface area contributed by atoms with Crippen molar-refractivity contribution in [1.29, 1.82) is 0 Å². The second kappa shape index (κ2) is 6.07. The number of benzene rings is 1. The maximum absolute atomic E-state index is 4.70. The van der Waals surface area contributed by atoms with Gasteiger partial charge in [0, 0.05) is 35.6 Å². The van der Waals surface area contributed by atoms with E-state index in [1.54, 1.807) is 11.8 Å². The van der Waals surface area contributed by atoms with Crippen LogP contribution in [0.1, 0.15) is 13.8 Å². The lowest BCUT2D eigenvalue weighted by molar-refractivity contribution is 0.403. The van der Waals surface area contributed by atoms with E-state index in [2.05, 4.69) is 52.7 Å². The van der Waals surface area contributed by atoms with E-state index in [4.69, 9.17) is 4.98 Å². The number of H-pyrrole nitrogens is 1. The molecule has 0 bridgehead atoms. The SMILES string of the molecule is CSc1ccccc1-c1nc(N2CC(C)NC(C)C2)n[nH]1. The molecular weight excluding hydrogens is 282 g/mol. The van der Waals surface area contributed by atoms with Crippen molar-refractivity contribution in [3.05, 3.63) is 24.3 Å². The van der Waals surface area contributed by atoms with Gasteiger partial charge in [-0.15, -0.1) is 16.9 Å². The predicted octanol–water partition coefficient (Wildman–Crippen LogP) is 2.38. The van der Waals surface area contributed by atoms with Crippen LogP contribution in [0.4, 0.5) is 5.95 Å². The highest BCUT2D eigenvalue weighted by Gasteiger charge is 2.24. The van der Waals surface area contributed by atoms with Crippen molar-refractivity contribution in [2.24, 2.45) is 0 Å². The Hall–Kier alpha value is -1.53. The number of thioether (sulfide) groups is 1.